The van der Waals surface area contributed by atoms with Crippen molar-refractivity contribution >= 4 is 17.4 Å². The Hall–Kier alpha value is -0.870. The van der Waals surface area contributed by atoms with Crippen molar-refractivity contribution in [3.63, 3.8) is 0 Å². The predicted octanol–water partition coefficient (Wildman–Crippen LogP) is 2.87. The maximum Gasteiger partial charge on any atom is 0.135 e. The van der Waals surface area contributed by atoms with Gasteiger partial charge in [-0.25, -0.2) is 9.97 Å². The second-order valence-electron chi connectivity index (χ2n) is 5.08. The molecule has 0 spiro atoms. The maximum atomic E-state index is 6.05. The topological polar surface area (TPSA) is 38.2 Å². The van der Waals surface area contributed by atoms with Crippen LogP contribution in [-0.2, 0) is 4.74 Å². The Morgan fingerprint density at radius 2 is 2.28 bits per heavy atom. The molecule has 18 heavy (non-hydrogen) atoms. The lowest BCUT2D eigenvalue weighted by molar-refractivity contribution is 0.116. The van der Waals surface area contributed by atoms with Gasteiger partial charge in [0.05, 0.1) is 6.10 Å². The SMILES string of the molecule is CC(C)c1nc(Cl)cc(N(C)CC2CCCO2)n1. The molecule has 1 atom stereocenters. The Balaban J connectivity index is 2.10. The lowest BCUT2D eigenvalue weighted by Gasteiger charge is -2.22. The van der Waals surface area contributed by atoms with Crippen LogP contribution in [0.2, 0.25) is 5.15 Å². The Morgan fingerprint density at radius 1 is 1.50 bits per heavy atom. The standard InChI is InChI=1S/C13H20ClN3O/c1-9(2)13-15-11(14)7-12(16-13)17(3)8-10-5-4-6-18-10/h7,9-10H,4-6,8H2,1-3H3. The molecule has 1 aliphatic heterocycles. The Kier molecular flexibility index (Phi) is 4.40. The van der Waals surface area contributed by atoms with Crippen molar-refractivity contribution in [1.82, 2.24) is 9.97 Å². The molecule has 0 saturated carbocycles. The van der Waals surface area contributed by atoms with E-state index in [0.29, 0.717) is 11.3 Å². The third-order valence-corrected chi connectivity index (χ3v) is 3.30. The summed E-state index contributed by atoms with van der Waals surface area (Å²) in [7, 11) is 2.02. The summed E-state index contributed by atoms with van der Waals surface area (Å²) in [5.41, 5.74) is 0. The van der Waals surface area contributed by atoms with Crippen molar-refractivity contribution in [2.75, 3.05) is 25.1 Å². The van der Waals surface area contributed by atoms with Gasteiger partial charge >= 0.3 is 0 Å². The zero-order chi connectivity index (χ0) is 13.1. The van der Waals surface area contributed by atoms with Crippen LogP contribution >= 0.6 is 11.6 Å². The quantitative estimate of drug-likeness (QED) is 0.788. The molecule has 0 bridgehead atoms. The van der Waals surface area contributed by atoms with Crippen LogP contribution < -0.4 is 4.90 Å². The number of ether oxygens (including phenoxy) is 1. The first-order valence-corrected chi connectivity index (χ1v) is 6.81. The van der Waals surface area contributed by atoms with E-state index in [1.807, 2.05) is 13.1 Å². The zero-order valence-electron chi connectivity index (χ0n) is 11.2. The number of anilines is 1. The molecule has 4 nitrogen and oxygen atoms in total. The lowest BCUT2D eigenvalue weighted by Crippen LogP contribution is -2.29. The number of nitrogens with zero attached hydrogens (tertiary/aromatic N) is 3. The van der Waals surface area contributed by atoms with Gasteiger partial charge in [-0.2, -0.15) is 0 Å². The molecule has 1 aromatic heterocycles. The van der Waals surface area contributed by atoms with Crippen LogP contribution in [-0.4, -0.2) is 36.3 Å². The minimum atomic E-state index is 0.276. The number of halogens is 1. The number of rotatable bonds is 4. The molecule has 0 aliphatic carbocycles. The third kappa shape index (κ3) is 3.33. The summed E-state index contributed by atoms with van der Waals surface area (Å²) in [6.07, 6.45) is 2.59. The van der Waals surface area contributed by atoms with E-state index in [1.54, 1.807) is 0 Å². The summed E-state index contributed by atoms with van der Waals surface area (Å²) in [6, 6.07) is 1.81. The second kappa shape index (κ2) is 5.85. The molecule has 0 N–H and O–H groups in total. The summed E-state index contributed by atoms with van der Waals surface area (Å²) < 4.78 is 5.63. The van der Waals surface area contributed by atoms with Crippen molar-refractivity contribution < 1.29 is 4.74 Å². The summed E-state index contributed by atoms with van der Waals surface area (Å²) in [5.74, 6) is 1.93. The zero-order valence-corrected chi connectivity index (χ0v) is 11.9. The van der Waals surface area contributed by atoms with Crippen molar-refractivity contribution in [1.29, 1.82) is 0 Å². The molecule has 0 radical (unpaired) electrons. The average molecular weight is 270 g/mol. The van der Waals surface area contributed by atoms with Gasteiger partial charge in [0.1, 0.15) is 16.8 Å². The maximum absolute atomic E-state index is 6.05. The highest BCUT2D eigenvalue weighted by molar-refractivity contribution is 6.29. The fourth-order valence-corrected chi connectivity index (χ4v) is 2.25. The van der Waals surface area contributed by atoms with Crippen molar-refractivity contribution in [2.24, 2.45) is 0 Å². The van der Waals surface area contributed by atoms with Gasteiger partial charge in [0, 0.05) is 32.2 Å². The highest BCUT2D eigenvalue weighted by Gasteiger charge is 2.19. The van der Waals surface area contributed by atoms with E-state index in [2.05, 4.69) is 28.7 Å². The number of aromatic nitrogens is 2. The first-order valence-electron chi connectivity index (χ1n) is 6.43. The molecule has 100 valence electrons. The van der Waals surface area contributed by atoms with Crippen LogP contribution in [0.3, 0.4) is 0 Å². The van der Waals surface area contributed by atoms with Crippen LogP contribution in [0.15, 0.2) is 6.07 Å². The summed E-state index contributed by atoms with van der Waals surface area (Å²) in [4.78, 5) is 10.9. The van der Waals surface area contributed by atoms with Crippen LogP contribution in [0.25, 0.3) is 0 Å². The third-order valence-electron chi connectivity index (χ3n) is 3.11. The molecule has 1 unspecified atom stereocenters. The predicted molar refractivity (Wildman–Crippen MR) is 73.4 cm³/mol. The van der Waals surface area contributed by atoms with Gasteiger partial charge in [0.2, 0.25) is 0 Å². The van der Waals surface area contributed by atoms with E-state index < -0.39 is 0 Å². The molecule has 2 rings (SSSR count). The van der Waals surface area contributed by atoms with Crippen LogP contribution in [0.5, 0.6) is 0 Å². The highest BCUT2D eigenvalue weighted by atomic mass is 35.5. The summed E-state index contributed by atoms with van der Waals surface area (Å²) in [5, 5.41) is 0.503. The second-order valence-corrected chi connectivity index (χ2v) is 5.46. The smallest absolute Gasteiger partial charge is 0.135 e. The van der Waals surface area contributed by atoms with Gasteiger partial charge in [-0.3, -0.25) is 0 Å². The molecule has 0 aromatic carbocycles. The normalized spacial score (nSPS) is 19.5. The molecule has 1 fully saturated rings. The van der Waals surface area contributed by atoms with E-state index in [0.717, 1.165) is 37.6 Å². The van der Waals surface area contributed by atoms with Gasteiger partial charge in [-0.15, -0.1) is 0 Å². The van der Waals surface area contributed by atoms with E-state index in [9.17, 15) is 0 Å². The van der Waals surface area contributed by atoms with Gasteiger partial charge in [-0.05, 0) is 12.8 Å². The molecular weight excluding hydrogens is 250 g/mol. The average Bonchev–Trinajstić information content (AvgIpc) is 2.80. The van der Waals surface area contributed by atoms with Crippen LogP contribution in [0.4, 0.5) is 5.82 Å². The van der Waals surface area contributed by atoms with Gasteiger partial charge < -0.3 is 9.64 Å². The highest BCUT2D eigenvalue weighted by Crippen LogP contribution is 2.21. The van der Waals surface area contributed by atoms with E-state index in [1.165, 1.54) is 0 Å². The van der Waals surface area contributed by atoms with E-state index in [4.69, 9.17) is 16.3 Å². The summed E-state index contributed by atoms with van der Waals surface area (Å²) in [6.45, 7) is 5.86. The fraction of sp³-hybridized carbons (Fsp3) is 0.692. The monoisotopic (exact) mass is 269 g/mol. The van der Waals surface area contributed by atoms with Crippen LogP contribution in [0.1, 0.15) is 38.4 Å². The Morgan fingerprint density at radius 3 is 2.89 bits per heavy atom. The lowest BCUT2D eigenvalue weighted by atomic mass is 10.2. The molecule has 1 aliphatic rings. The first kappa shape index (κ1) is 13.6. The molecule has 0 amide bonds. The minimum absolute atomic E-state index is 0.276. The van der Waals surface area contributed by atoms with Gasteiger partial charge in [0.25, 0.3) is 0 Å². The van der Waals surface area contributed by atoms with Crippen LogP contribution in [0, 0.1) is 0 Å². The van der Waals surface area contributed by atoms with Crippen molar-refractivity contribution in [3.05, 3.63) is 17.0 Å². The Labute approximate surface area is 113 Å². The number of hydrogen-bond acceptors (Lipinski definition) is 4. The number of hydrogen-bond donors (Lipinski definition) is 0. The Bertz CT molecular complexity index is 405. The van der Waals surface area contributed by atoms with E-state index >= 15 is 0 Å². The largest absolute Gasteiger partial charge is 0.376 e. The van der Waals surface area contributed by atoms with Gasteiger partial charge in [-0.1, -0.05) is 25.4 Å². The summed E-state index contributed by atoms with van der Waals surface area (Å²) >= 11 is 6.05. The molecule has 2 heterocycles. The molecule has 1 aromatic rings. The first-order chi connectivity index (χ1) is 8.56. The molecule has 1 saturated heterocycles. The molecular formula is C13H20ClN3O. The molecule has 5 heteroatoms. The fourth-order valence-electron chi connectivity index (χ4n) is 2.06. The van der Waals surface area contributed by atoms with Gasteiger partial charge in [0.15, 0.2) is 0 Å². The minimum Gasteiger partial charge on any atom is -0.376 e. The van der Waals surface area contributed by atoms with E-state index in [-0.39, 0.29) is 5.92 Å². The van der Waals surface area contributed by atoms with Crippen molar-refractivity contribution in [3.8, 4) is 0 Å². The number of likely N-dealkylation sites (N-methyl/N-ethyl adjacent to an activating group) is 1. The van der Waals surface area contributed by atoms with Crippen molar-refractivity contribution in [2.45, 2.75) is 38.7 Å².